The van der Waals surface area contributed by atoms with E-state index in [4.69, 9.17) is 11.6 Å². The van der Waals surface area contributed by atoms with Gasteiger partial charge in [0, 0.05) is 15.5 Å². The Morgan fingerprint density at radius 2 is 1.89 bits per heavy atom. The SMILES string of the molecule is CC1(C(=O)NNC(=O)Nc2ccc(Cl)cc2)CC1Br. The van der Waals surface area contributed by atoms with Crippen LogP contribution in [0, 0.1) is 5.41 Å². The van der Waals surface area contributed by atoms with Crippen LogP contribution in [0.15, 0.2) is 24.3 Å². The maximum Gasteiger partial charge on any atom is 0.337 e. The van der Waals surface area contributed by atoms with Crippen LogP contribution in [-0.2, 0) is 4.79 Å². The third-order valence-electron chi connectivity index (χ3n) is 3.04. The minimum atomic E-state index is -0.508. The quantitative estimate of drug-likeness (QED) is 0.569. The summed E-state index contributed by atoms with van der Waals surface area (Å²) in [6.45, 7) is 1.83. The van der Waals surface area contributed by atoms with Gasteiger partial charge in [0.05, 0.1) is 5.41 Å². The summed E-state index contributed by atoms with van der Waals surface area (Å²) >= 11 is 9.10. The molecule has 1 aromatic carbocycles. The molecule has 0 heterocycles. The molecule has 3 N–H and O–H groups in total. The summed E-state index contributed by atoms with van der Waals surface area (Å²) in [5.74, 6) is -0.208. The number of carbonyl (C=O) groups excluding carboxylic acids is 2. The van der Waals surface area contributed by atoms with Crippen molar-refractivity contribution < 1.29 is 9.59 Å². The van der Waals surface area contributed by atoms with Crippen molar-refractivity contribution in [3.63, 3.8) is 0 Å². The van der Waals surface area contributed by atoms with Crippen molar-refractivity contribution in [2.45, 2.75) is 18.2 Å². The monoisotopic (exact) mass is 345 g/mol. The highest BCUT2D eigenvalue weighted by atomic mass is 79.9. The van der Waals surface area contributed by atoms with Crippen LogP contribution >= 0.6 is 27.5 Å². The van der Waals surface area contributed by atoms with Crippen LogP contribution in [0.5, 0.6) is 0 Å². The number of halogens is 2. The molecule has 0 radical (unpaired) electrons. The van der Waals surface area contributed by atoms with Gasteiger partial charge in [-0.2, -0.15) is 0 Å². The largest absolute Gasteiger partial charge is 0.337 e. The Morgan fingerprint density at radius 1 is 1.32 bits per heavy atom. The molecule has 7 heteroatoms. The van der Waals surface area contributed by atoms with E-state index in [1.54, 1.807) is 24.3 Å². The molecule has 19 heavy (non-hydrogen) atoms. The molecule has 0 aliphatic heterocycles. The van der Waals surface area contributed by atoms with Crippen molar-refractivity contribution in [3.05, 3.63) is 29.3 Å². The number of hydrogen-bond acceptors (Lipinski definition) is 2. The minimum absolute atomic E-state index is 0.168. The Hall–Kier alpha value is -1.27. The molecule has 0 spiro atoms. The first kappa shape index (κ1) is 14.1. The second-order valence-electron chi connectivity index (χ2n) is 4.63. The van der Waals surface area contributed by atoms with E-state index in [9.17, 15) is 9.59 Å². The standard InChI is InChI=1S/C12H13BrClN3O2/c1-12(6-9(12)13)10(18)16-17-11(19)15-8-4-2-7(14)3-5-8/h2-5,9H,6H2,1H3,(H,16,18)(H2,15,17,19). The molecule has 1 aliphatic rings. The van der Waals surface area contributed by atoms with E-state index in [0.29, 0.717) is 10.7 Å². The molecule has 0 aromatic heterocycles. The zero-order valence-corrected chi connectivity index (χ0v) is 12.5. The Balaban J connectivity index is 1.79. The molecule has 2 atom stereocenters. The maximum atomic E-state index is 11.7. The molecule has 0 saturated heterocycles. The van der Waals surface area contributed by atoms with Gasteiger partial charge < -0.3 is 5.32 Å². The first-order valence-electron chi connectivity index (χ1n) is 5.69. The summed E-state index contributed by atoms with van der Waals surface area (Å²) in [5, 5.41) is 3.16. The number of anilines is 1. The topological polar surface area (TPSA) is 70.2 Å². The first-order valence-corrected chi connectivity index (χ1v) is 6.98. The molecule has 102 valence electrons. The molecule has 3 amide bonds. The van der Waals surface area contributed by atoms with Crippen molar-refractivity contribution in [3.8, 4) is 0 Å². The predicted octanol–water partition coefficient (Wildman–Crippen LogP) is 2.67. The second kappa shape index (κ2) is 5.38. The van der Waals surface area contributed by atoms with Gasteiger partial charge in [0.25, 0.3) is 0 Å². The van der Waals surface area contributed by atoms with Crippen molar-refractivity contribution in [1.29, 1.82) is 0 Å². The van der Waals surface area contributed by atoms with Crippen molar-refractivity contribution in [1.82, 2.24) is 10.9 Å². The molecule has 0 bridgehead atoms. The number of benzene rings is 1. The third-order valence-corrected chi connectivity index (χ3v) is 4.63. The number of carbonyl (C=O) groups is 2. The molecular formula is C12H13BrClN3O2. The van der Waals surface area contributed by atoms with Gasteiger partial charge in [-0.15, -0.1) is 0 Å². The van der Waals surface area contributed by atoms with Gasteiger partial charge in [0.1, 0.15) is 0 Å². The molecule has 1 aromatic rings. The Morgan fingerprint density at radius 3 is 2.42 bits per heavy atom. The van der Waals surface area contributed by atoms with Gasteiger partial charge in [-0.3, -0.25) is 10.2 Å². The maximum absolute atomic E-state index is 11.7. The lowest BCUT2D eigenvalue weighted by Crippen LogP contribution is -2.46. The average molecular weight is 347 g/mol. The number of hydrogen-bond donors (Lipinski definition) is 3. The smallest absolute Gasteiger partial charge is 0.307 e. The summed E-state index contributed by atoms with van der Waals surface area (Å²) in [7, 11) is 0. The van der Waals surface area contributed by atoms with Gasteiger partial charge in [-0.25, -0.2) is 10.2 Å². The van der Waals surface area contributed by atoms with Crippen molar-refractivity contribution in [2.75, 3.05) is 5.32 Å². The fourth-order valence-corrected chi connectivity index (χ4v) is 2.51. The fraction of sp³-hybridized carbons (Fsp3) is 0.333. The first-order chi connectivity index (χ1) is 8.91. The molecule has 2 unspecified atom stereocenters. The van der Waals surface area contributed by atoms with Crippen LogP contribution in [0.25, 0.3) is 0 Å². The highest BCUT2D eigenvalue weighted by Gasteiger charge is 2.54. The summed E-state index contributed by atoms with van der Waals surface area (Å²) in [5.41, 5.74) is 4.85. The van der Waals surface area contributed by atoms with E-state index < -0.39 is 11.4 Å². The van der Waals surface area contributed by atoms with Gasteiger partial charge in [0.2, 0.25) is 5.91 Å². The number of urea groups is 1. The molecular weight excluding hydrogens is 334 g/mol. The molecule has 1 saturated carbocycles. The molecule has 1 aliphatic carbocycles. The normalized spacial score (nSPS) is 24.5. The fourth-order valence-electron chi connectivity index (χ4n) is 1.50. The summed E-state index contributed by atoms with van der Waals surface area (Å²) < 4.78 is 0. The Labute approximate surface area is 124 Å². The van der Waals surface area contributed by atoms with Gasteiger partial charge >= 0.3 is 6.03 Å². The summed E-state index contributed by atoms with van der Waals surface area (Å²) in [4.78, 5) is 23.5. The highest BCUT2D eigenvalue weighted by Crippen LogP contribution is 2.51. The number of nitrogens with one attached hydrogen (secondary N) is 3. The highest BCUT2D eigenvalue weighted by molar-refractivity contribution is 9.09. The van der Waals surface area contributed by atoms with Gasteiger partial charge in [-0.05, 0) is 37.6 Å². The molecule has 5 nitrogen and oxygen atoms in total. The summed E-state index contributed by atoms with van der Waals surface area (Å²) in [6, 6.07) is 6.15. The number of amides is 3. The third kappa shape index (κ3) is 3.39. The van der Waals surface area contributed by atoms with E-state index in [2.05, 4.69) is 32.1 Å². The lowest BCUT2D eigenvalue weighted by atomic mass is 10.1. The van der Waals surface area contributed by atoms with E-state index in [0.717, 1.165) is 6.42 Å². The molecule has 1 fully saturated rings. The van der Waals surface area contributed by atoms with E-state index >= 15 is 0 Å². The van der Waals surface area contributed by atoms with Crippen LogP contribution < -0.4 is 16.2 Å². The predicted molar refractivity (Wildman–Crippen MR) is 77.2 cm³/mol. The van der Waals surface area contributed by atoms with Gasteiger partial charge in [0.15, 0.2) is 0 Å². The van der Waals surface area contributed by atoms with E-state index in [-0.39, 0.29) is 10.7 Å². The number of hydrazine groups is 1. The minimum Gasteiger partial charge on any atom is -0.307 e. The lowest BCUT2D eigenvalue weighted by molar-refractivity contribution is -0.126. The number of alkyl halides is 1. The van der Waals surface area contributed by atoms with Crippen molar-refractivity contribution >= 4 is 45.2 Å². The second-order valence-corrected chi connectivity index (χ2v) is 6.17. The zero-order chi connectivity index (χ0) is 14.0. The Bertz CT molecular complexity index is 508. The van der Waals surface area contributed by atoms with Crippen LogP contribution in [0.1, 0.15) is 13.3 Å². The summed E-state index contributed by atoms with van der Waals surface area (Å²) in [6.07, 6.45) is 0.763. The van der Waals surface area contributed by atoms with Gasteiger partial charge in [-0.1, -0.05) is 27.5 Å². The van der Waals surface area contributed by atoms with Crippen LogP contribution in [-0.4, -0.2) is 16.8 Å². The van der Waals surface area contributed by atoms with E-state index in [1.165, 1.54) is 0 Å². The average Bonchev–Trinajstić information content (AvgIpc) is 2.99. The molecule has 2 rings (SSSR count). The van der Waals surface area contributed by atoms with Crippen LogP contribution in [0.2, 0.25) is 5.02 Å². The Kier molecular flexibility index (Phi) is 4.01. The van der Waals surface area contributed by atoms with E-state index in [1.807, 2.05) is 6.92 Å². The lowest BCUT2D eigenvalue weighted by Gasteiger charge is -2.12. The van der Waals surface area contributed by atoms with Crippen LogP contribution in [0.3, 0.4) is 0 Å². The number of rotatable bonds is 2. The van der Waals surface area contributed by atoms with Crippen molar-refractivity contribution in [2.24, 2.45) is 5.41 Å². The van der Waals surface area contributed by atoms with Crippen LogP contribution in [0.4, 0.5) is 10.5 Å². The zero-order valence-electron chi connectivity index (χ0n) is 10.2.